The molecular weight excluding hydrogens is 392 g/mol. The molecule has 138 valence electrons. The number of para-hydroxylation sites is 1. The molecule has 0 unspecified atom stereocenters. The topological polar surface area (TPSA) is 78.0 Å². The number of aryl methyl sites for hydroxylation is 1. The summed E-state index contributed by atoms with van der Waals surface area (Å²) in [6.07, 6.45) is 3.32. The molecule has 0 atom stereocenters. The Morgan fingerprint density at radius 3 is 2.89 bits per heavy atom. The third-order valence-electron chi connectivity index (χ3n) is 4.32. The quantitative estimate of drug-likeness (QED) is 0.336. The van der Waals surface area contributed by atoms with Gasteiger partial charge in [0.25, 0.3) is 5.56 Å². The second kappa shape index (κ2) is 6.84. The molecule has 4 aromatic heterocycles. The molecule has 0 N–H and O–H groups in total. The number of aromatic nitrogens is 6. The minimum absolute atomic E-state index is 0.0518. The maximum absolute atomic E-state index is 12.3. The molecule has 0 amide bonds. The average Bonchev–Trinajstić information content (AvgIpc) is 3.31. The van der Waals surface area contributed by atoms with Gasteiger partial charge in [-0.3, -0.25) is 9.20 Å². The molecule has 0 spiro atoms. The third kappa shape index (κ3) is 2.88. The van der Waals surface area contributed by atoms with Crippen molar-refractivity contribution in [2.24, 2.45) is 0 Å². The van der Waals surface area contributed by atoms with Gasteiger partial charge in [0, 0.05) is 22.9 Å². The van der Waals surface area contributed by atoms with Gasteiger partial charge >= 0.3 is 0 Å². The molecule has 0 radical (unpaired) electrons. The minimum atomic E-state index is -0.0518. The van der Waals surface area contributed by atoms with E-state index in [0.717, 1.165) is 33.1 Å². The summed E-state index contributed by atoms with van der Waals surface area (Å²) in [5.74, 6) is 0.547. The highest BCUT2D eigenvalue weighted by Gasteiger charge is 2.13. The molecule has 1 aromatic carbocycles. The van der Waals surface area contributed by atoms with Crippen LogP contribution >= 0.6 is 23.1 Å². The van der Waals surface area contributed by atoms with E-state index >= 15 is 0 Å². The Kier molecular flexibility index (Phi) is 4.18. The van der Waals surface area contributed by atoms with Crippen LogP contribution in [-0.2, 0) is 5.75 Å². The lowest BCUT2D eigenvalue weighted by Gasteiger charge is -2.04. The van der Waals surface area contributed by atoms with Crippen molar-refractivity contribution >= 4 is 39.1 Å². The van der Waals surface area contributed by atoms with E-state index in [1.54, 1.807) is 27.7 Å². The fraction of sp³-hybridized carbons (Fsp3) is 0.105. The smallest absolute Gasteiger partial charge is 0.258 e. The van der Waals surface area contributed by atoms with Crippen LogP contribution in [0.2, 0.25) is 0 Å². The van der Waals surface area contributed by atoms with Gasteiger partial charge in [0.1, 0.15) is 11.4 Å². The lowest BCUT2D eigenvalue weighted by molar-refractivity contribution is 0.893. The van der Waals surface area contributed by atoms with E-state index in [0.29, 0.717) is 10.7 Å². The highest BCUT2D eigenvalue weighted by atomic mass is 32.2. The van der Waals surface area contributed by atoms with Crippen molar-refractivity contribution in [3.8, 4) is 5.69 Å². The van der Waals surface area contributed by atoms with Crippen molar-refractivity contribution < 1.29 is 0 Å². The van der Waals surface area contributed by atoms with Crippen molar-refractivity contribution in [3.05, 3.63) is 76.0 Å². The summed E-state index contributed by atoms with van der Waals surface area (Å²) in [5.41, 5.74) is 3.28. The molecule has 5 rings (SSSR count). The molecule has 0 bridgehead atoms. The van der Waals surface area contributed by atoms with Gasteiger partial charge in [-0.05, 0) is 19.1 Å². The number of rotatable bonds is 4. The van der Waals surface area contributed by atoms with Crippen LogP contribution in [-0.4, -0.2) is 29.1 Å². The fourth-order valence-corrected chi connectivity index (χ4v) is 4.76. The molecule has 7 nitrogen and oxygen atoms in total. The largest absolute Gasteiger partial charge is 0.269 e. The third-order valence-corrected chi connectivity index (χ3v) is 6.30. The molecule has 28 heavy (non-hydrogen) atoms. The molecule has 5 aromatic rings. The Bertz CT molecular complexity index is 1360. The highest BCUT2D eigenvalue weighted by molar-refractivity contribution is 7.98. The van der Waals surface area contributed by atoms with Gasteiger partial charge in [0.2, 0.25) is 0 Å². The standard InChI is InChI=1S/C19H14N6OS2/c1-12-9-28-19-23-13(7-16(26)24(12)19)10-27-18-15-8-22-25(17(15)20-11-21-18)14-5-3-2-4-6-14/h2-9,11H,10H2,1H3. The first-order chi connectivity index (χ1) is 13.7. The normalized spacial score (nSPS) is 11.5. The number of thiazole rings is 1. The summed E-state index contributed by atoms with van der Waals surface area (Å²) < 4.78 is 3.43. The molecule has 0 saturated heterocycles. The van der Waals surface area contributed by atoms with E-state index in [9.17, 15) is 4.79 Å². The number of thioether (sulfide) groups is 1. The minimum Gasteiger partial charge on any atom is -0.269 e. The van der Waals surface area contributed by atoms with Crippen molar-refractivity contribution in [1.82, 2.24) is 29.1 Å². The molecule has 4 heterocycles. The Labute approximate surface area is 167 Å². The summed E-state index contributed by atoms with van der Waals surface area (Å²) in [7, 11) is 0. The molecule has 0 aliphatic carbocycles. The van der Waals surface area contributed by atoms with Gasteiger partial charge < -0.3 is 0 Å². The molecule has 0 fully saturated rings. The Morgan fingerprint density at radius 1 is 1.18 bits per heavy atom. The maximum atomic E-state index is 12.3. The predicted molar refractivity (Wildman–Crippen MR) is 110 cm³/mol. The van der Waals surface area contributed by atoms with E-state index in [-0.39, 0.29) is 5.56 Å². The summed E-state index contributed by atoms with van der Waals surface area (Å²) in [4.78, 5) is 26.5. The van der Waals surface area contributed by atoms with Crippen molar-refractivity contribution in [2.75, 3.05) is 0 Å². The first-order valence-electron chi connectivity index (χ1n) is 8.54. The van der Waals surface area contributed by atoms with Gasteiger partial charge in [-0.1, -0.05) is 30.0 Å². The van der Waals surface area contributed by atoms with Crippen LogP contribution in [0.15, 0.2) is 64.1 Å². The number of nitrogens with zero attached hydrogens (tertiary/aromatic N) is 6. The van der Waals surface area contributed by atoms with E-state index in [4.69, 9.17) is 0 Å². The van der Waals surface area contributed by atoms with Crippen LogP contribution in [0.5, 0.6) is 0 Å². The SMILES string of the molecule is Cc1csc2nc(CSc3ncnc4c3cnn4-c3ccccc3)cc(=O)n12. The van der Waals surface area contributed by atoms with Crippen LogP contribution in [0.3, 0.4) is 0 Å². The van der Waals surface area contributed by atoms with Crippen LogP contribution in [0.4, 0.5) is 0 Å². The number of hydrogen-bond donors (Lipinski definition) is 0. The van der Waals surface area contributed by atoms with Crippen LogP contribution in [0, 0.1) is 6.92 Å². The second-order valence-corrected chi connectivity index (χ2v) is 7.98. The van der Waals surface area contributed by atoms with Crippen molar-refractivity contribution in [1.29, 1.82) is 0 Å². The zero-order valence-corrected chi connectivity index (χ0v) is 16.4. The molecular formula is C19H14N6OS2. The average molecular weight is 406 g/mol. The first-order valence-corrected chi connectivity index (χ1v) is 10.4. The number of benzene rings is 1. The fourth-order valence-electron chi connectivity index (χ4n) is 3.01. The van der Waals surface area contributed by atoms with Gasteiger partial charge in [-0.2, -0.15) is 5.10 Å². The molecule has 9 heteroatoms. The van der Waals surface area contributed by atoms with Gasteiger partial charge in [-0.15, -0.1) is 11.3 Å². The van der Waals surface area contributed by atoms with E-state index < -0.39 is 0 Å². The Hall–Kier alpha value is -3.04. The van der Waals surface area contributed by atoms with Crippen LogP contribution in [0.1, 0.15) is 11.4 Å². The van der Waals surface area contributed by atoms with Crippen LogP contribution in [0.25, 0.3) is 21.7 Å². The zero-order chi connectivity index (χ0) is 19.1. The van der Waals surface area contributed by atoms with E-state index in [2.05, 4.69) is 20.1 Å². The Balaban J connectivity index is 1.48. The zero-order valence-electron chi connectivity index (χ0n) is 14.8. The molecule has 0 saturated carbocycles. The lowest BCUT2D eigenvalue weighted by atomic mass is 10.3. The second-order valence-electron chi connectivity index (χ2n) is 6.18. The number of hydrogen-bond acceptors (Lipinski definition) is 7. The Morgan fingerprint density at radius 2 is 2.04 bits per heavy atom. The first kappa shape index (κ1) is 17.1. The molecule has 0 aliphatic rings. The number of fused-ring (bicyclic) bond motifs is 2. The van der Waals surface area contributed by atoms with Gasteiger partial charge in [0.05, 0.1) is 23.0 Å². The predicted octanol–water partition coefficient (Wildman–Crippen LogP) is 3.49. The maximum Gasteiger partial charge on any atom is 0.258 e. The summed E-state index contributed by atoms with van der Waals surface area (Å²) >= 11 is 3.00. The van der Waals surface area contributed by atoms with Gasteiger partial charge in [-0.25, -0.2) is 19.6 Å². The van der Waals surface area contributed by atoms with Crippen molar-refractivity contribution in [2.45, 2.75) is 17.7 Å². The van der Waals surface area contributed by atoms with Crippen LogP contribution < -0.4 is 5.56 Å². The molecule has 0 aliphatic heterocycles. The van der Waals surface area contributed by atoms with E-state index in [1.807, 2.05) is 42.6 Å². The van der Waals surface area contributed by atoms with E-state index in [1.165, 1.54) is 23.1 Å². The monoisotopic (exact) mass is 406 g/mol. The van der Waals surface area contributed by atoms with Gasteiger partial charge in [0.15, 0.2) is 10.6 Å². The van der Waals surface area contributed by atoms with Crippen molar-refractivity contribution in [3.63, 3.8) is 0 Å². The summed E-state index contributed by atoms with van der Waals surface area (Å²) in [6.45, 7) is 1.91. The summed E-state index contributed by atoms with van der Waals surface area (Å²) in [6, 6.07) is 11.4. The summed E-state index contributed by atoms with van der Waals surface area (Å²) in [5, 5.41) is 8.10. The highest BCUT2D eigenvalue weighted by Crippen LogP contribution is 2.28. The lowest BCUT2D eigenvalue weighted by Crippen LogP contribution is -2.14.